The third-order valence-corrected chi connectivity index (χ3v) is 9.98. The summed E-state index contributed by atoms with van der Waals surface area (Å²) in [5.74, 6) is 0. The van der Waals surface area contributed by atoms with Crippen molar-refractivity contribution in [2.75, 3.05) is 4.90 Å². The van der Waals surface area contributed by atoms with E-state index in [-0.39, 0.29) is 0 Å². The van der Waals surface area contributed by atoms with Crippen molar-refractivity contribution in [1.29, 1.82) is 0 Å². The van der Waals surface area contributed by atoms with Gasteiger partial charge >= 0.3 is 0 Å². The van der Waals surface area contributed by atoms with E-state index in [4.69, 9.17) is 4.42 Å². The molecule has 0 saturated carbocycles. The number of hydrogen-bond donors (Lipinski definition) is 0. The number of furan rings is 1. The molecule has 10 rings (SSSR count). The zero-order chi connectivity index (χ0) is 33.7. The Morgan fingerprint density at radius 2 is 0.941 bits per heavy atom. The van der Waals surface area contributed by atoms with Crippen LogP contribution in [0.25, 0.3) is 71.7 Å². The predicted octanol–water partition coefficient (Wildman–Crippen LogP) is 13.5. The molecule has 3 heteroatoms. The molecule has 10 aromatic rings. The molecular formula is C48H32N2O. The molecule has 8 aromatic carbocycles. The molecule has 0 fully saturated rings. The highest BCUT2D eigenvalue weighted by atomic mass is 16.3. The minimum absolute atomic E-state index is 0.861. The van der Waals surface area contributed by atoms with Gasteiger partial charge in [-0.1, -0.05) is 140 Å². The zero-order valence-electron chi connectivity index (χ0n) is 27.8. The summed E-state index contributed by atoms with van der Waals surface area (Å²) >= 11 is 0. The molecule has 0 unspecified atom stereocenters. The van der Waals surface area contributed by atoms with Crippen LogP contribution in [0.2, 0.25) is 0 Å². The standard InChI is InChI=1S/C48H32N2O/c1-2-15-33(16-3-1)34-17-12-19-36(31-34)49(46-29-14-25-42-41-24-7-11-30-47(41)51-48(42)46)37-20-13-18-35(32-37)38-21-4-8-26-43(38)50-44-27-9-5-22-39(44)40-23-6-10-28-45(40)50/h1-32H. The molecule has 0 bridgehead atoms. The number of nitrogens with zero attached hydrogens (tertiary/aromatic N) is 2. The van der Waals surface area contributed by atoms with E-state index in [1.165, 1.54) is 27.4 Å². The Morgan fingerprint density at radius 1 is 0.392 bits per heavy atom. The van der Waals surface area contributed by atoms with Crippen LogP contribution in [0.4, 0.5) is 17.1 Å². The normalized spacial score (nSPS) is 11.5. The van der Waals surface area contributed by atoms with Gasteiger partial charge < -0.3 is 13.9 Å². The molecule has 0 aliphatic rings. The summed E-state index contributed by atoms with van der Waals surface area (Å²) in [6.45, 7) is 0. The number of hydrogen-bond acceptors (Lipinski definition) is 2. The summed E-state index contributed by atoms with van der Waals surface area (Å²) in [6, 6.07) is 69.1. The number of fused-ring (bicyclic) bond motifs is 6. The second-order valence-electron chi connectivity index (χ2n) is 12.9. The molecule has 3 nitrogen and oxygen atoms in total. The van der Waals surface area contributed by atoms with Gasteiger partial charge in [0.05, 0.1) is 22.4 Å². The molecule has 0 N–H and O–H groups in total. The Hall–Kier alpha value is -6.84. The fourth-order valence-corrected chi connectivity index (χ4v) is 7.70. The number of aromatic nitrogens is 1. The fourth-order valence-electron chi connectivity index (χ4n) is 7.70. The van der Waals surface area contributed by atoms with Gasteiger partial charge in [-0.25, -0.2) is 0 Å². The van der Waals surface area contributed by atoms with Crippen LogP contribution in [0.15, 0.2) is 199 Å². The third kappa shape index (κ3) is 4.82. The Morgan fingerprint density at radius 3 is 1.71 bits per heavy atom. The molecule has 0 aliphatic carbocycles. The van der Waals surface area contributed by atoms with E-state index in [0.717, 1.165) is 61.4 Å². The zero-order valence-corrected chi connectivity index (χ0v) is 27.8. The highest BCUT2D eigenvalue weighted by Crippen LogP contribution is 2.44. The first-order valence-electron chi connectivity index (χ1n) is 17.4. The lowest BCUT2D eigenvalue weighted by Crippen LogP contribution is -2.10. The third-order valence-electron chi connectivity index (χ3n) is 9.98. The first-order valence-corrected chi connectivity index (χ1v) is 17.4. The van der Waals surface area contributed by atoms with E-state index >= 15 is 0 Å². The number of rotatable bonds is 6. The van der Waals surface area contributed by atoms with Crippen molar-refractivity contribution in [2.45, 2.75) is 0 Å². The fraction of sp³-hybridized carbons (Fsp3) is 0. The number of benzene rings is 8. The van der Waals surface area contributed by atoms with E-state index in [0.29, 0.717) is 0 Å². The van der Waals surface area contributed by atoms with Gasteiger partial charge in [0.1, 0.15) is 5.58 Å². The summed E-state index contributed by atoms with van der Waals surface area (Å²) in [6.07, 6.45) is 0. The van der Waals surface area contributed by atoms with E-state index in [2.05, 4.69) is 191 Å². The van der Waals surface area contributed by atoms with Crippen LogP contribution < -0.4 is 4.90 Å². The van der Waals surface area contributed by atoms with Crippen molar-refractivity contribution in [3.8, 4) is 27.9 Å². The first kappa shape index (κ1) is 29.1. The van der Waals surface area contributed by atoms with E-state index in [9.17, 15) is 0 Å². The lowest BCUT2D eigenvalue weighted by molar-refractivity contribution is 0.669. The van der Waals surface area contributed by atoms with Gasteiger partial charge in [0.25, 0.3) is 0 Å². The molecule has 2 aromatic heterocycles. The largest absolute Gasteiger partial charge is 0.454 e. The van der Waals surface area contributed by atoms with Gasteiger partial charge in [0.2, 0.25) is 0 Å². The van der Waals surface area contributed by atoms with Crippen LogP contribution in [-0.4, -0.2) is 4.57 Å². The quantitative estimate of drug-likeness (QED) is 0.178. The Balaban J connectivity index is 1.20. The SMILES string of the molecule is c1ccc(-c2cccc(N(c3cccc(-c4ccccc4-n4c5ccccc5c5ccccc54)c3)c3cccc4c3oc3ccccc34)c2)cc1. The van der Waals surface area contributed by atoms with Crippen LogP contribution in [0, 0.1) is 0 Å². The van der Waals surface area contributed by atoms with Crippen LogP contribution in [0.3, 0.4) is 0 Å². The van der Waals surface area contributed by atoms with E-state index in [1.807, 2.05) is 12.1 Å². The minimum Gasteiger partial charge on any atom is -0.454 e. The average Bonchev–Trinajstić information content (AvgIpc) is 3.75. The predicted molar refractivity (Wildman–Crippen MR) is 214 cm³/mol. The molecule has 51 heavy (non-hydrogen) atoms. The van der Waals surface area contributed by atoms with E-state index < -0.39 is 0 Å². The summed E-state index contributed by atoms with van der Waals surface area (Å²) in [7, 11) is 0. The summed E-state index contributed by atoms with van der Waals surface area (Å²) in [5, 5.41) is 4.71. The minimum atomic E-state index is 0.861. The molecule has 2 heterocycles. The molecule has 0 atom stereocenters. The van der Waals surface area contributed by atoms with Crippen molar-refractivity contribution >= 4 is 60.8 Å². The second kappa shape index (κ2) is 11.9. The maximum atomic E-state index is 6.64. The Bertz CT molecular complexity index is 2830. The van der Waals surface area contributed by atoms with Gasteiger partial charge in [0.15, 0.2) is 5.58 Å². The monoisotopic (exact) mass is 652 g/mol. The molecule has 240 valence electrons. The Labute approximate surface area is 295 Å². The lowest BCUT2D eigenvalue weighted by Gasteiger charge is -2.27. The highest BCUT2D eigenvalue weighted by molar-refractivity contribution is 6.11. The summed E-state index contributed by atoms with van der Waals surface area (Å²) < 4.78 is 9.05. The van der Waals surface area contributed by atoms with Crippen molar-refractivity contribution in [3.63, 3.8) is 0 Å². The molecule has 0 radical (unpaired) electrons. The second-order valence-corrected chi connectivity index (χ2v) is 12.9. The molecule has 0 saturated heterocycles. The van der Waals surface area contributed by atoms with Gasteiger partial charge in [-0.15, -0.1) is 0 Å². The Kier molecular flexibility index (Phi) is 6.81. The van der Waals surface area contributed by atoms with Crippen molar-refractivity contribution in [2.24, 2.45) is 0 Å². The summed E-state index contributed by atoms with van der Waals surface area (Å²) in [5.41, 5.74) is 13.0. The molecule has 0 aliphatic heterocycles. The van der Waals surface area contributed by atoms with Gasteiger partial charge in [0, 0.05) is 38.5 Å². The molecular weight excluding hydrogens is 621 g/mol. The van der Waals surface area contributed by atoms with Crippen molar-refractivity contribution in [3.05, 3.63) is 194 Å². The average molecular weight is 653 g/mol. The maximum absolute atomic E-state index is 6.64. The van der Waals surface area contributed by atoms with Gasteiger partial charge in [-0.2, -0.15) is 0 Å². The number of para-hydroxylation sites is 5. The topological polar surface area (TPSA) is 21.3 Å². The van der Waals surface area contributed by atoms with Crippen LogP contribution in [0.1, 0.15) is 0 Å². The van der Waals surface area contributed by atoms with Crippen LogP contribution in [-0.2, 0) is 0 Å². The van der Waals surface area contributed by atoms with Gasteiger partial charge in [-0.05, 0) is 71.3 Å². The molecule has 0 spiro atoms. The van der Waals surface area contributed by atoms with Crippen LogP contribution in [0.5, 0.6) is 0 Å². The first-order chi connectivity index (χ1) is 25.3. The maximum Gasteiger partial charge on any atom is 0.159 e. The number of anilines is 3. The highest BCUT2D eigenvalue weighted by Gasteiger charge is 2.21. The lowest BCUT2D eigenvalue weighted by atomic mass is 10.0. The van der Waals surface area contributed by atoms with Crippen LogP contribution >= 0.6 is 0 Å². The smallest absolute Gasteiger partial charge is 0.159 e. The van der Waals surface area contributed by atoms with Crippen molar-refractivity contribution in [1.82, 2.24) is 4.57 Å². The van der Waals surface area contributed by atoms with Crippen molar-refractivity contribution < 1.29 is 4.42 Å². The van der Waals surface area contributed by atoms with Gasteiger partial charge in [-0.3, -0.25) is 0 Å². The summed E-state index contributed by atoms with van der Waals surface area (Å²) in [4.78, 5) is 2.34. The molecule has 0 amide bonds. The van der Waals surface area contributed by atoms with E-state index in [1.54, 1.807) is 0 Å².